The fraction of sp³-hybridized carbons (Fsp3) is 0.571. The Morgan fingerprint density at radius 1 is 1.35 bits per heavy atom. The van der Waals surface area contributed by atoms with Crippen LogP contribution in [-0.2, 0) is 0 Å². The molecule has 0 fully saturated rings. The Kier molecular flexibility index (Phi) is 5.45. The Labute approximate surface area is 104 Å². The standard InChI is InChI=1S/C14H23NO2/c1-10(2)13-7-11(5-6-14(13)17-4)12(9-16)8-15-3/h5-7,10,12,15-16H,8-9H2,1-4H3. The lowest BCUT2D eigenvalue weighted by Gasteiger charge is -2.18. The summed E-state index contributed by atoms with van der Waals surface area (Å²) < 4.78 is 5.36. The molecule has 1 aromatic carbocycles. The number of nitrogens with one attached hydrogen (secondary N) is 1. The molecule has 0 saturated heterocycles. The average Bonchev–Trinajstić information content (AvgIpc) is 2.35. The zero-order valence-electron chi connectivity index (χ0n) is 11.2. The largest absolute Gasteiger partial charge is 0.496 e. The van der Waals surface area contributed by atoms with Crippen molar-refractivity contribution in [3.8, 4) is 5.75 Å². The number of hydrogen-bond acceptors (Lipinski definition) is 3. The fourth-order valence-electron chi connectivity index (χ4n) is 1.99. The first-order valence-electron chi connectivity index (χ1n) is 6.07. The predicted molar refractivity (Wildman–Crippen MR) is 70.8 cm³/mol. The van der Waals surface area contributed by atoms with Gasteiger partial charge in [-0.1, -0.05) is 26.0 Å². The normalized spacial score (nSPS) is 12.8. The summed E-state index contributed by atoms with van der Waals surface area (Å²) in [4.78, 5) is 0. The van der Waals surface area contributed by atoms with Gasteiger partial charge in [-0.25, -0.2) is 0 Å². The summed E-state index contributed by atoms with van der Waals surface area (Å²) in [6.07, 6.45) is 0. The van der Waals surface area contributed by atoms with Crippen LogP contribution in [0.5, 0.6) is 5.75 Å². The summed E-state index contributed by atoms with van der Waals surface area (Å²) in [6.45, 7) is 5.23. The van der Waals surface area contributed by atoms with Crippen LogP contribution in [-0.4, -0.2) is 32.4 Å². The zero-order valence-corrected chi connectivity index (χ0v) is 11.2. The first kappa shape index (κ1) is 14.0. The quantitative estimate of drug-likeness (QED) is 0.796. The summed E-state index contributed by atoms with van der Waals surface area (Å²) in [5.74, 6) is 1.48. The maximum absolute atomic E-state index is 9.40. The number of benzene rings is 1. The Bertz CT molecular complexity index is 350. The minimum Gasteiger partial charge on any atom is -0.496 e. The summed E-state index contributed by atoms with van der Waals surface area (Å²) in [5.41, 5.74) is 2.35. The van der Waals surface area contributed by atoms with E-state index in [2.05, 4.69) is 25.2 Å². The number of hydrogen-bond donors (Lipinski definition) is 2. The van der Waals surface area contributed by atoms with Crippen molar-refractivity contribution in [1.29, 1.82) is 0 Å². The highest BCUT2D eigenvalue weighted by Gasteiger charge is 2.14. The van der Waals surface area contributed by atoms with Crippen LogP contribution in [0.3, 0.4) is 0 Å². The highest BCUT2D eigenvalue weighted by atomic mass is 16.5. The van der Waals surface area contributed by atoms with Gasteiger partial charge in [0.15, 0.2) is 0 Å². The third kappa shape index (κ3) is 3.45. The van der Waals surface area contributed by atoms with E-state index in [1.54, 1.807) is 7.11 Å². The molecule has 0 radical (unpaired) electrons. The smallest absolute Gasteiger partial charge is 0.122 e. The first-order valence-corrected chi connectivity index (χ1v) is 6.07. The van der Waals surface area contributed by atoms with Gasteiger partial charge in [0.2, 0.25) is 0 Å². The van der Waals surface area contributed by atoms with E-state index in [0.29, 0.717) is 5.92 Å². The van der Waals surface area contributed by atoms with Crippen molar-refractivity contribution in [3.05, 3.63) is 29.3 Å². The predicted octanol–water partition coefficient (Wildman–Crippen LogP) is 2.11. The topological polar surface area (TPSA) is 41.5 Å². The lowest BCUT2D eigenvalue weighted by molar-refractivity contribution is 0.263. The van der Waals surface area contributed by atoms with Crippen LogP contribution in [0.1, 0.15) is 36.8 Å². The van der Waals surface area contributed by atoms with Crippen molar-refractivity contribution >= 4 is 0 Å². The van der Waals surface area contributed by atoms with E-state index >= 15 is 0 Å². The zero-order chi connectivity index (χ0) is 12.8. The van der Waals surface area contributed by atoms with E-state index in [0.717, 1.165) is 17.9 Å². The first-order chi connectivity index (χ1) is 8.13. The molecule has 0 aliphatic carbocycles. The molecule has 0 heterocycles. The molecule has 96 valence electrons. The van der Waals surface area contributed by atoms with E-state index < -0.39 is 0 Å². The number of ether oxygens (including phenoxy) is 1. The van der Waals surface area contributed by atoms with Gasteiger partial charge in [0, 0.05) is 12.5 Å². The second-order valence-electron chi connectivity index (χ2n) is 4.59. The van der Waals surface area contributed by atoms with Crippen molar-refractivity contribution in [2.75, 3.05) is 27.3 Å². The van der Waals surface area contributed by atoms with Crippen LogP contribution < -0.4 is 10.1 Å². The maximum atomic E-state index is 9.40. The van der Waals surface area contributed by atoms with E-state index in [-0.39, 0.29) is 12.5 Å². The maximum Gasteiger partial charge on any atom is 0.122 e. The molecule has 0 aromatic heterocycles. The molecule has 0 bridgehead atoms. The molecule has 0 saturated carbocycles. The van der Waals surface area contributed by atoms with Crippen molar-refractivity contribution in [2.24, 2.45) is 0 Å². The van der Waals surface area contributed by atoms with Crippen molar-refractivity contribution in [1.82, 2.24) is 5.32 Å². The Morgan fingerprint density at radius 3 is 2.53 bits per heavy atom. The lowest BCUT2D eigenvalue weighted by Crippen LogP contribution is -2.20. The van der Waals surface area contributed by atoms with E-state index in [1.165, 1.54) is 5.56 Å². The average molecular weight is 237 g/mol. The van der Waals surface area contributed by atoms with Crippen molar-refractivity contribution in [2.45, 2.75) is 25.7 Å². The van der Waals surface area contributed by atoms with Crippen molar-refractivity contribution < 1.29 is 9.84 Å². The molecule has 3 nitrogen and oxygen atoms in total. The number of aliphatic hydroxyl groups excluding tert-OH is 1. The third-order valence-electron chi connectivity index (χ3n) is 3.02. The van der Waals surface area contributed by atoms with Gasteiger partial charge in [0.1, 0.15) is 5.75 Å². The minimum absolute atomic E-state index is 0.142. The van der Waals surface area contributed by atoms with Crippen LogP contribution in [0.15, 0.2) is 18.2 Å². The monoisotopic (exact) mass is 237 g/mol. The molecular formula is C14H23NO2. The molecule has 3 heteroatoms. The molecule has 17 heavy (non-hydrogen) atoms. The molecule has 1 unspecified atom stereocenters. The van der Waals surface area contributed by atoms with Gasteiger partial charge >= 0.3 is 0 Å². The molecule has 0 aliphatic heterocycles. The van der Waals surface area contributed by atoms with E-state index in [9.17, 15) is 5.11 Å². The SMILES string of the molecule is CNCC(CO)c1ccc(OC)c(C(C)C)c1. The molecule has 1 aromatic rings. The van der Waals surface area contributed by atoms with Crippen LogP contribution in [0.2, 0.25) is 0 Å². The summed E-state index contributed by atoms with van der Waals surface area (Å²) in [7, 11) is 3.59. The molecule has 2 N–H and O–H groups in total. The van der Waals surface area contributed by atoms with E-state index in [4.69, 9.17) is 4.74 Å². The molecule has 0 aliphatic rings. The van der Waals surface area contributed by atoms with Gasteiger partial charge in [-0.15, -0.1) is 0 Å². The Balaban J connectivity index is 3.05. The second kappa shape index (κ2) is 6.62. The van der Waals surface area contributed by atoms with Crippen LogP contribution in [0, 0.1) is 0 Å². The Hall–Kier alpha value is -1.06. The summed E-state index contributed by atoms with van der Waals surface area (Å²) in [6, 6.07) is 6.16. The van der Waals surface area contributed by atoms with Crippen LogP contribution in [0.25, 0.3) is 0 Å². The highest BCUT2D eigenvalue weighted by Crippen LogP contribution is 2.29. The van der Waals surface area contributed by atoms with Gasteiger partial charge in [0.25, 0.3) is 0 Å². The summed E-state index contributed by atoms with van der Waals surface area (Å²) >= 11 is 0. The van der Waals surface area contributed by atoms with Crippen molar-refractivity contribution in [3.63, 3.8) is 0 Å². The van der Waals surface area contributed by atoms with Gasteiger partial charge in [-0.05, 0) is 30.2 Å². The number of rotatable bonds is 6. The van der Waals surface area contributed by atoms with Gasteiger partial charge in [-0.3, -0.25) is 0 Å². The van der Waals surface area contributed by atoms with Gasteiger partial charge in [-0.2, -0.15) is 0 Å². The second-order valence-corrected chi connectivity index (χ2v) is 4.59. The number of methoxy groups -OCH3 is 1. The molecular weight excluding hydrogens is 214 g/mol. The van der Waals surface area contributed by atoms with Gasteiger partial charge in [0.05, 0.1) is 13.7 Å². The molecule has 0 amide bonds. The third-order valence-corrected chi connectivity index (χ3v) is 3.02. The number of aliphatic hydroxyl groups is 1. The lowest BCUT2D eigenvalue weighted by atomic mass is 9.93. The fourth-order valence-corrected chi connectivity index (χ4v) is 1.99. The van der Waals surface area contributed by atoms with Gasteiger partial charge < -0.3 is 15.2 Å². The van der Waals surface area contributed by atoms with Crippen LogP contribution in [0.4, 0.5) is 0 Å². The summed E-state index contributed by atoms with van der Waals surface area (Å²) in [5, 5.41) is 12.5. The minimum atomic E-state index is 0.142. The molecule has 1 atom stereocenters. The van der Waals surface area contributed by atoms with Crippen LogP contribution >= 0.6 is 0 Å². The molecule has 1 rings (SSSR count). The Morgan fingerprint density at radius 2 is 2.06 bits per heavy atom. The highest BCUT2D eigenvalue weighted by molar-refractivity contribution is 5.40. The molecule has 0 spiro atoms. The van der Waals surface area contributed by atoms with E-state index in [1.807, 2.05) is 19.2 Å². The number of likely N-dealkylation sites (N-methyl/N-ethyl adjacent to an activating group) is 1.